The Kier molecular flexibility index (Phi) is 13.4. The van der Waals surface area contributed by atoms with Crippen molar-refractivity contribution in [3.8, 4) is 0 Å². The molecule has 1 atom stereocenters. The van der Waals surface area contributed by atoms with Crippen molar-refractivity contribution in [3.05, 3.63) is 18.2 Å². The molecule has 0 aliphatic heterocycles. The lowest BCUT2D eigenvalue weighted by molar-refractivity contribution is -0.121. The lowest BCUT2D eigenvalue weighted by Gasteiger charge is -2.30. The molecule has 2 aliphatic rings. The smallest absolute Gasteiger partial charge is 0.227 e. The maximum absolute atomic E-state index is 13.3. The lowest BCUT2D eigenvalue weighted by atomic mass is 9.76. The largest absolute Gasteiger partial charge is 0.326 e. The van der Waals surface area contributed by atoms with E-state index in [-0.39, 0.29) is 35.5 Å². The van der Waals surface area contributed by atoms with Crippen molar-refractivity contribution in [3.63, 3.8) is 0 Å². The van der Waals surface area contributed by atoms with E-state index in [1.165, 1.54) is 0 Å². The van der Waals surface area contributed by atoms with E-state index in [0.29, 0.717) is 46.7 Å². The second kappa shape index (κ2) is 16.5. The summed E-state index contributed by atoms with van der Waals surface area (Å²) in [5, 5.41) is 9.37. The van der Waals surface area contributed by atoms with Gasteiger partial charge in [0.2, 0.25) is 17.7 Å². The van der Waals surface area contributed by atoms with Crippen LogP contribution in [0.25, 0.3) is 0 Å². The summed E-state index contributed by atoms with van der Waals surface area (Å²) in [6.07, 6.45) is 11.7. The minimum atomic E-state index is -0.0627. The van der Waals surface area contributed by atoms with Gasteiger partial charge in [-0.3, -0.25) is 14.4 Å². The molecule has 2 aliphatic carbocycles. The molecule has 0 heterocycles. The molecule has 6 heteroatoms. The van der Waals surface area contributed by atoms with Crippen molar-refractivity contribution in [2.24, 2.45) is 47.3 Å². The van der Waals surface area contributed by atoms with Gasteiger partial charge in [-0.15, -0.1) is 0 Å². The molecule has 1 unspecified atom stereocenters. The SMILES string of the molecule is CCC(CCCC(C)C)C(=O)Nc1cc(NC(=O)C2CCC(C(C)C)CC2)cc(NC(=O)C2CCC(C(C)C)CC2)c1. The molecular formula is C36H59N3O3. The minimum Gasteiger partial charge on any atom is -0.326 e. The van der Waals surface area contributed by atoms with Crippen LogP contribution in [0, 0.1) is 47.3 Å². The Morgan fingerprint density at radius 2 is 1.05 bits per heavy atom. The van der Waals surface area contributed by atoms with Gasteiger partial charge in [-0.25, -0.2) is 0 Å². The van der Waals surface area contributed by atoms with Crippen LogP contribution in [-0.4, -0.2) is 17.7 Å². The molecule has 0 aromatic heterocycles. The van der Waals surface area contributed by atoms with Gasteiger partial charge in [0, 0.05) is 34.8 Å². The van der Waals surface area contributed by atoms with Crippen molar-refractivity contribution in [2.45, 2.75) is 126 Å². The molecule has 0 spiro atoms. The van der Waals surface area contributed by atoms with Crippen LogP contribution in [0.3, 0.4) is 0 Å². The molecule has 2 fully saturated rings. The van der Waals surface area contributed by atoms with Crippen molar-refractivity contribution in [2.75, 3.05) is 16.0 Å². The zero-order valence-corrected chi connectivity index (χ0v) is 27.6. The molecular weight excluding hydrogens is 522 g/mol. The number of carbonyl (C=O) groups excluding carboxylic acids is 3. The second-order valence-corrected chi connectivity index (χ2v) is 14.4. The van der Waals surface area contributed by atoms with Gasteiger partial charge < -0.3 is 16.0 Å². The minimum absolute atomic E-state index is 0.000949. The molecule has 2 saturated carbocycles. The first kappa shape index (κ1) is 34.1. The Hall–Kier alpha value is -2.37. The maximum Gasteiger partial charge on any atom is 0.227 e. The van der Waals surface area contributed by atoms with Crippen LogP contribution in [0.5, 0.6) is 0 Å². The van der Waals surface area contributed by atoms with E-state index >= 15 is 0 Å². The number of hydrogen-bond donors (Lipinski definition) is 3. The maximum atomic E-state index is 13.3. The Bertz CT molecular complexity index is 904. The van der Waals surface area contributed by atoms with Crippen LogP contribution >= 0.6 is 0 Å². The van der Waals surface area contributed by atoms with Gasteiger partial charge in [0.25, 0.3) is 0 Å². The average molecular weight is 582 g/mol. The highest BCUT2D eigenvalue weighted by Gasteiger charge is 2.29. The Morgan fingerprint density at radius 1 is 0.643 bits per heavy atom. The van der Waals surface area contributed by atoms with Gasteiger partial charge in [-0.1, -0.05) is 61.3 Å². The molecule has 3 amide bonds. The molecule has 42 heavy (non-hydrogen) atoms. The summed E-state index contributed by atoms with van der Waals surface area (Å²) in [5.41, 5.74) is 1.85. The number of nitrogens with one attached hydrogen (secondary N) is 3. The van der Waals surface area contributed by atoms with Crippen LogP contribution in [0.4, 0.5) is 17.1 Å². The first-order chi connectivity index (χ1) is 20.0. The molecule has 0 radical (unpaired) electrons. The fourth-order valence-corrected chi connectivity index (χ4v) is 6.97. The fraction of sp³-hybridized carbons (Fsp3) is 0.750. The third kappa shape index (κ3) is 10.4. The summed E-state index contributed by atoms with van der Waals surface area (Å²) in [6.45, 7) is 15.6. The van der Waals surface area contributed by atoms with E-state index in [2.05, 4.69) is 64.4 Å². The van der Waals surface area contributed by atoms with E-state index in [4.69, 9.17) is 0 Å². The van der Waals surface area contributed by atoms with Crippen LogP contribution in [0.15, 0.2) is 18.2 Å². The van der Waals surface area contributed by atoms with Gasteiger partial charge in [0.1, 0.15) is 0 Å². The fourth-order valence-electron chi connectivity index (χ4n) is 6.97. The third-order valence-corrected chi connectivity index (χ3v) is 10.1. The van der Waals surface area contributed by atoms with E-state index < -0.39 is 0 Å². The highest BCUT2D eigenvalue weighted by molar-refractivity contribution is 5.99. The Balaban J connectivity index is 1.73. The molecule has 3 rings (SSSR count). The molecule has 1 aromatic carbocycles. The Morgan fingerprint density at radius 3 is 1.40 bits per heavy atom. The van der Waals surface area contributed by atoms with Crippen molar-refractivity contribution >= 4 is 34.8 Å². The van der Waals surface area contributed by atoms with Crippen molar-refractivity contribution in [1.82, 2.24) is 0 Å². The summed E-state index contributed by atoms with van der Waals surface area (Å²) in [4.78, 5) is 39.8. The first-order valence-electron chi connectivity index (χ1n) is 17.0. The molecule has 0 saturated heterocycles. The van der Waals surface area contributed by atoms with Gasteiger partial charge in [-0.05, 0) is 112 Å². The number of benzene rings is 1. The van der Waals surface area contributed by atoms with Crippen molar-refractivity contribution < 1.29 is 14.4 Å². The predicted molar refractivity (Wildman–Crippen MR) is 175 cm³/mol. The molecule has 6 nitrogen and oxygen atoms in total. The highest BCUT2D eigenvalue weighted by atomic mass is 16.2. The van der Waals surface area contributed by atoms with Gasteiger partial charge in [-0.2, -0.15) is 0 Å². The Labute approximate surface area is 256 Å². The zero-order valence-electron chi connectivity index (χ0n) is 27.6. The summed E-state index contributed by atoms with van der Waals surface area (Å²) in [6, 6.07) is 5.50. The van der Waals surface area contributed by atoms with E-state index in [1.807, 2.05) is 18.2 Å². The second-order valence-electron chi connectivity index (χ2n) is 14.4. The van der Waals surface area contributed by atoms with Crippen molar-refractivity contribution in [1.29, 1.82) is 0 Å². The van der Waals surface area contributed by atoms with Crippen LogP contribution in [0.2, 0.25) is 0 Å². The lowest BCUT2D eigenvalue weighted by Crippen LogP contribution is -2.29. The number of hydrogen-bond acceptors (Lipinski definition) is 3. The van der Waals surface area contributed by atoms with E-state index in [9.17, 15) is 14.4 Å². The number of rotatable bonds is 13. The number of amides is 3. The third-order valence-electron chi connectivity index (χ3n) is 10.1. The van der Waals surface area contributed by atoms with Crippen LogP contribution in [-0.2, 0) is 14.4 Å². The topological polar surface area (TPSA) is 87.3 Å². The first-order valence-corrected chi connectivity index (χ1v) is 17.0. The molecule has 3 N–H and O–H groups in total. The summed E-state index contributed by atoms with van der Waals surface area (Å²) in [5.74, 6) is 3.31. The van der Waals surface area contributed by atoms with Gasteiger partial charge in [0.15, 0.2) is 0 Å². The number of carbonyl (C=O) groups is 3. The monoisotopic (exact) mass is 581 g/mol. The standard InChI is InChI=1S/C36H59N3O3/c1-8-26(11-9-10-23(2)3)34(40)37-31-20-32(38-35(41)29-16-12-27(13-17-29)24(4)5)22-33(21-31)39-36(42)30-18-14-28(15-19-30)25(6)7/h20-30H,8-19H2,1-7H3,(H,37,40)(H,38,41)(H,39,42). The summed E-state index contributed by atoms with van der Waals surface area (Å²) in [7, 11) is 0. The normalized spacial score (nSPS) is 23.6. The average Bonchev–Trinajstić information content (AvgIpc) is 2.95. The predicted octanol–water partition coefficient (Wildman–Crippen LogP) is 9.28. The van der Waals surface area contributed by atoms with E-state index in [0.717, 1.165) is 77.0 Å². The zero-order chi connectivity index (χ0) is 30.8. The molecule has 0 bridgehead atoms. The van der Waals surface area contributed by atoms with E-state index in [1.54, 1.807) is 0 Å². The van der Waals surface area contributed by atoms with Gasteiger partial charge in [0.05, 0.1) is 0 Å². The van der Waals surface area contributed by atoms with Crippen LogP contribution < -0.4 is 16.0 Å². The van der Waals surface area contributed by atoms with Crippen LogP contribution in [0.1, 0.15) is 126 Å². The summed E-state index contributed by atoms with van der Waals surface area (Å²) >= 11 is 0. The number of anilines is 3. The highest BCUT2D eigenvalue weighted by Crippen LogP contribution is 2.36. The summed E-state index contributed by atoms with van der Waals surface area (Å²) < 4.78 is 0. The molecule has 1 aromatic rings. The molecule has 236 valence electrons. The quantitative estimate of drug-likeness (QED) is 0.217. The van der Waals surface area contributed by atoms with Gasteiger partial charge >= 0.3 is 0 Å².